The molecule has 0 atom stereocenters. The Hall–Kier alpha value is -1.39. The summed E-state index contributed by atoms with van der Waals surface area (Å²) in [5.74, 6) is 0. The van der Waals surface area contributed by atoms with Crippen molar-refractivity contribution in [3.63, 3.8) is 0 Å². The van der Waals surface area contributed by atoms with E-state index in [0.717, 1.165) is 41.6 Å². The molecular weight excluding hydrogens is 272 g/mol. The van der Waals surface area contributed by atoms with Crippen molar-refractivity contribution >= 4 is 11.6 Å². The molecule has 0 fully saturated rings. The molecule has 0 bridgehead atoms. The summed E-state index contributed by atoms with van der Waals surface area (Å²) in [5.41, 5.74) is 4.05. The summed E-state index contributed by atoms with van der Waals surface area (Å²) in [6, 6.07) is 4.16. The lowest BCUT2D eigenvalue weighted by molar-refractivity contribution is 0.643. The lowest BCUT2D eigenvalue weighted by Crippen LogP contribution is -2.14. The molecule has 1 N–H and O–H groups in total. The van der Waals surface area contributed by atoms with Crippen LogP contribution in [0.1, 0.15) is 36.0 Å². The number of pyridine rings is 1. The van der Waals surface area contributed by atoms with E-state index in [1.54, 1.807) is 0 Å². The summed E-state index contributed by atoms with van der Waals surface area (Å²) in [6.07, 6.45) is 3.06. The molecule has 0 aliphatic carbocycles. The molecule has 2 rings (SSSR count). The highest BCUT2D eigenvalue weighted by atomic mass is 35.5. The van der Waals surface area contributed by atoms with Crippen LogP contribution in [0.3, 0.4) is 0 Å². The molecule has 0 spiro atoms. The summed E-state index contributed by atoms with van der Waals surface area (Å²) in [4.78, 5) is 4.49. The number of hydrogen-bond donors (Lipinski definition) is 1. The normalized spacial score (nSPS) is 11.0. The molecule has 2 heterocycles. The van der Waals surface area contributed by atoms with Gasteiger partial charge in [-0.3, -0.25) is 9.67 Å². The Balaban J connectivity index is 2.01. The van der Waals surface area contributed by atoms with Crippen LogP contribution < -0.4 is 5.32 Å². The van der Waals surface area contributed by atoms with Gasteiger partial charge in [-0.05, 0) is 38.4 Å². The molecule has 0 aromatic carbocycles. The van der Waals surface area contributed by atoms with Gasteiger partial charge in [0.25, 0.3) is 0 Å². The van der Waals surface area contributed by atoms with E-state index in [-0.39, 0.29) is 0 Å². The second-order valence-electron chi connectivity index (χ2n) is 4.98. The number of aryl methyl sites for hydroxylation is 1. The lowest BCUT2D eigenvalue weighted by Gasteiger charge is -2.06. The molecule has 0 saturated carbocycles. The molecule has 5 heteroatoms. The molecule has 0 saturated heterocycles. The standard InChI is InChI=1S/C15H21ClN4/c1-4-7-17-8-13-5-6-14(18-9-13)10-20-12(3)15(16)11(2)19-20/h5-6,9,17H,4,7-8,10H2,1-3H3. The number of halogens is 1. The maximum Gasteiger partial charge on any atom is 0.0844 e. The quantitative estimate of drug-likeness (QED) is 0.832. The van der Waals surface area contributed by atoms with Gasteiger partial charge in [0, 0.05) is 12.7 Å². The summed E-state index contributed by atoms with van der Waals surface area (Å²) < 4.78 is 1.90. The van der Waals surface area contributed by atoms with E-state index in [1.165, 1.54) is 5.56 Å². The summed E-state index contributed by atoms with van der Waals surface area (Å²) in [6.45, 7) is 8.61. The van der Waals surface area contributed by atoms with Crippen molar-refractivity contribution in [2.75, 3.05) is 6.54 Å². The molecule has 0 aliphatic heterocycles. The minimum absolute atomic E-state index is 0.655. The fourth-order valence-electron chi connectivity index (χ4n) is 2.05. The topological polar surface area (TPSA) is 42.7 Å². The van der Waals surface area contributed by atoms with E-state index in [2.05, 4.69) is 28.4 Å². The largest absolute Gasteiger partial charge is 0.313 e. The van der Waals surface area contributed by atoms with Crippen molar-refractivity contribution in [2.24, 2.45) is 0 Å². The first-order valence-electron chi connectivity index (χ1n) is 6.95. The summed E-state index contributed by atoms with van der Waals surface area (Å²) in [7, 11) is 0. The monoisotopic (exact) mass is 292 g/mol. The van der Waals surface area contributed by atoms with E-state index in [0.29, 0.717) is 6.54 Å². The summed E-state index contributed by atoms with van der Waals surface area (Å²) in [5, 5.41) is 8.53. The molecule has 0 unspecified atom stereocenters. The van der Waals surface area contributed by atoms with Gasteiger partial charge in [-0.2, -0.15) is 5.10 Å². The zero-order valence-electron chi connectivity index (χ0n) is 12.3. The van der Waals surface area contributed by atoms with E-state index in [1.807, 2.05) is 30.8 Å². The molecule has 0 radical (unpaired) electrons. The van der Waals surface area contributed by atoms with Crippen LogP contribution >= 0.6 is 11.6 Å². The van der Waals surface area contributed by atoms with Gasteiger partial charge in [-0.15, -0.1) is 0 Å². The fraction of sp³-hybridized carbons (Fsp3) is 0.467. The zero-order chi connectivity index (χ0) is 14.5. The third-order valence-electron chi connectivity index (χ3n) is 3.25. The molecule has 108 valence electrons. The Bertz CT molecular complexity index is 560. The van der Waals surface area contributed by atoms with Crippen molar-refractivity contribution in [3.8, 4) is 0 Å². The predicted molar refractivity (Wildman–Crippen MR) is 82.0 cm³/mol. The van der Waals surface area contributed by atoms with Gasteiger partial charge in [0.05, 0.1) is 28.6 Å². The van der Waals surface area contributed by atoms with Crippen molar-refractivity contribution in [3.05, 3.63) is 46.0 Å². The minimum atomic E-state index is 0.655. The van der Waals surface area contributed by atoms with Gasteiger partial charge < -0.3 is 5.32 Å². The Morgan fingerprint density at radius 1 is 1.30 bits per heavy atom. The van der Waals surface area contributed by atoms with Crippen LogP contribution in [0, 0.1) is 13.8 Å². The maximum absolute atomic E-state index is 6.15. The number of hydrogen-bond acceptors (Lipinski definition) is 3. The third kappa shape index (κ3) is 3.58. The van der Waals surface area contributed by atoms with E-state index >= 15 is 0 Å². The van der Waals surface area contributed by atoms with Crippen LogP contribution in [0.15, 0.2) is 18.3 Å². The van der Waals surface area contributed by atoms with Crippen molar-refractivity contribution in [2.45, 2.75) is 40.3 Å². The third-order valence-corrected chi connectivity index (χ3v) is 3.79. The highest BCUT2D eigenvalue weighted by Crippen LogP contribution is 2.19. The molecule has 0 amide bonds. The number of rotatable bonds is 6. The second kappa shape index (κ2) is 6.86. The minimum Gasteiger partial charge on any atom is -0.313 e. The average molecular weight is 293 g/mol. The Morgan fingerprint density at radius 2 is 2.10 bits per heavy atom. The van der Waals surface area contributed by atoms with Gasteiger partial charge in [0.2, 0.25) is 0 Å². The molecule has 2 aromatic rings. The van der Waals surface area contributed by atoms with Crippen LogP contribution in [-0.4, -0.2) is 21.3 Å². The average Bonchev–Trinajstić information content (AvgIpc) is 2.69. The molecule has 20 heavy (non-hydrogen) atoms. The van der Waals surface area contributed by atoms with Gasteiger partial charge in [0.1, 0.15) is 0 Å². The van der Waals surface area contributed by atoms with Crippen LogP contribution in [0.5, 0.6) is 0 Å². The molecule has 2 aromatic heterocycles. The number of nitrogens with one attached hydrogen (secondary N) is 1. The molecular formula is C15H21ClN4. The molecule has 4 nitrogen and oxygen atoms in total. The van der Waals surface area contributed by atoms with Gasteiger partial charge in [-0.25, -0.2) is 0 Å². The Morgan fingerprint density at radius 3 is 2.65 bits per heavy atom. The molecule has 0 aliphatic rings. The first-order chi connectivity index (χ1) is 9.61. The lowest BCUT2D eigenvalue weighted by atomic mass is 10.2. The van der Waals surface area contributed by atoms with Crippen LogP contribution in [0.25, 0.3) is 0 Å². The predicted octanol–water partition coefficient (Wildman–Crippen LogP) is 3.10. The van der Waals surface area contributed by atoms with E-state index < -0.39 is 0 Å². The van der Waals surface area contributed by atoms with Gasteiger partial charge in [-0.1, -0.05) is 24.6 Å². The SMILES string of the molecule is CCCNCc1ccc(Cn2nc(C)c(Cl)c2C)nc1. The Labute approximate surface area is 125 Å². The second-order valence-corrected chi connectivity index (χ2v) is 5.35. The van der Waals surface area contributed by atoms with Crippen LogP contribution in [0.4, 0.5) is 0 Å². The van der Waals surface area contributed by atoms with Gasteiger partial charge >= 0.3 is 0 Å². The van der Waals surface area contributed by atoms with E-state index in [9.17, 15) is 0 Å². The van der Waals surface area contributed by atoms with Crippen LogP contribution in [-0.2, 0) is 13.1 Å². The first-order valence-corrected chi connectivity index (χ1v) is 7.33. The van der Waals surface area contributed by atoms with Gasteiger partial charge in [0.15, 0.2) is 0 Å². The number of nitrogens with zero attached hydrogens (tertiary/aromatic N) is 3. The highest BCUT2D eigenvalue weighted by Gasteiger charge is 2.09. The Kier molecular flexibility index (Phi) is 5.15. The summed E-state index contributed by atoms with van der Waals surface area (Å²) >= 11 is 6.15. The van der Waals surface area contributed by atoms with E-state index in [4.69, 9.17) is 11.6 Å². The van der Waals surface area contributed by atoms with Crippen LogP contribution in [0.2, 0.25) is 5.02 Å². The first kappa shape index (κ1) is 15.0. The smallest absolute Gasteiger partial charge is 0.0844 e. The highest BCUT2D eigenvalue weighted by molar-refractivity contribution is 6.31. The maximum atomic E-state index is 6.15. The van der Waals surface area contributed by atoms with Crippen molar-refractivity contribution in [1.82, 2.24) is 20.1 Å². The number of aromatic nitrogens is 3. The van der Waals surface area contributed by atoms with Crippen molar-refractivity contribution < 1.29 is 0 Å². The zero-order valence-corrected chi connectivity index (χ0v) is 13.0. The fourth-order valence-corrected chi connectivity index (χ4v) is 2.18. The van der Waals surface area contributed by atoms with Crippen molar-refractivity contribution in [1.29, 1.82) is 0 Å².